The van der Waals surface area contributed by atoms with Gasteiger partial charge in [0.15, 0.2) is 0 Å². The Morgan fingerprint density at radius 3 is 2.94 bits per heavy atom. The van der Waals surface area contributed by atoms with Crippen LogP contribution in [0.15, 0.2) is 30.3 Å². The van der Waals surface area contributed by atoms with Gasteiger partial charge in [0.05, 0.1) is 18.8 Å². The molecule has 1 aromatic carbocycles. The SMILES string of the molecule is CC1COCC2(CCNC2)N1Cc1ccccc1. The molecule has 1 aromatic rings. The molecule has 2 aliphatic heterocycles. The molecular weight excluding hydrogens is 224 g/mol. The number of hydrogen-bond donors (Lipinski definition) is 1. The highest BCUT2D eigenvalue weighted by Crippen LogP contribution is 2.31. The molecule has 3 nitrogen and oxygen atoms in total. The maximum Gasteiger partial charge on any atom is 0.0664 e. The molecule has 0 amide bonds. The van der Waals surface area contributed by atoms with E-state index in [0.717, 1.165) is 32.8 Å². The summed E-state index contributed by atoms with van der Waals surface area (Å²) in [7, 11) is 0. The van der Waals surface area contributed by atoms with Crippen molar-refractivity contribution in [3.63, 3.8) is 0 Å². The van der Waals surface area contributed by atoms with Crippen LogP contribution >= 0.6 is 0 Å². The quantitative estimate of drug-likeness (QED) is 0.858. The number of ether oxygens (including phenoxy) is 1. The molecular formula is C15H22N2O. The Labute approximate surface area is 109 Å². The lowest BCUT2D eigenvalue weighted by molar-refractivity contribution is -0.0959. The van der Waals surface area contributed by atoms with Crippen molar-refractivity contribution in [3.05, 3.63) is 35.9 Å². The summed E-state index contributed by atoms with van der Waals surface area (Å²) in [6.45, 7) is 7.21. The van der Waals surface area contributed by atoms with E-state index in [1.165, 1.54) is 12.0 Å². The summed E-state index contributed by atoms with van der Waals surface area (Å²) in [6.07, 6.45) is 1.20. The van der Waals surface area contributed by atoms with Crippen LogP contribution in [0.1, 0.15) is 18.9 Å². The third-order valence-electron chi connectivity index (χ3n) is 4.29. The third-order valence-corrected chi connectivity index (χ3v) is 4.29. The summed E-state index contributed by atoms with van der Waals surface area (Å²) in [6, 6.07) is 11.3. The fraction of sp³-hybridized carbons (Fsp3) is 0.600. The van der Waals surface area contributed by atoms with Crippen molar-refractivity contribution in [1.82, 2.24) is 10.2 Å². The van der Waals surface area contributed by atoms with E-state index in [1.54, 1.807) is 0 Å². The summed E-state index contributed by atoms with van der Waals surface area (Å²) in [5.74, 6) is 0. The average Bonchev–Trinajstić information content (AvgIpc) is 2.85. The van der Waals surface area contributed by atoms with Crippen LogP contribution in [0.3, 0.4) is 0 Å². The molecule has 0 aliphatic carbocycles. The van der Waals surface area contributed by atoms with Crippen molar-refractivity contribution < 1.29 is 4.74 Å². The highest BCUT2D eigenvalue weighted by molar-refractivity contribution is 5.16. The van der Waals surface area contributed by atoms with Gasteiger partial charge in [0, 0.05) is 19.1 Å². The molecule has 18 heavy (non-hydrogen) atoms. The Morgan fingerprint density at radius 2 is 2.22 bits per heavy atom. The molecule has 98 valence electrons. The Hall–Kier alpha value is -0.900. The average molecular weight is 246 g/mol. The third kappa shape index (κ3) is 2.18. The Balaban J connectivity index is 1.81. The largest absolute Gasteiger partial charge is 0.378 e. The van der Waals surface area contributed by atoms with Gasteiger partial charge in [-0.25, -0.2) is 0 Å². The molecule has 1 N–H and O–H groups in total. The maximum atomic E-state index is 5.81. The molecule has 0 aromatic heterocycles. The summed E-state index contributed by atoms with van der Waals surface area (Å²) in [5.41, 5.74) is 1.62. The van der Waals surface area contributed by atoms with Crippen LogP contribution in [0.5, 0.6) is 0 Å². The lowest BCUT2D eigenvalue weighted by atomic mass is 9.92. The van der Waals surface area contributed by atoms with Gasteiger partial charge in [-0.05, 0) is 25.5 Å². The highest BCUT2D eigenvalue weighted by atomic mass is 16.5. The molecule has 3 rings (SSSR count). The second kappa shape index (κ2) is 5.00. The van der Waals surface area contributed by atoms with Crippen LogP contribution in [0.2, 0.25) is 0 Å². The van der Waals surface area contributed by atoms with Crippen molar-refractivity contribution in [2.24, 2.45) is 0 Å². The van der Waals surface area contributed by atoms with E-state index >= 15 is 0 Å². The van der Waals surface area contributed by atoms with Crippen LogP contribution in [0.25, 0.3) is 0 Å². The van der Waals surface area contributed by atoms with Gasteiger partial charge in [-0.15, -0.1) is 0 Å². The molecule has 2 saturated heterocycles. The van der Waals surface area contributed by atoms with Gasteiger partial charge in [-0.1, -0.05) is 30.3 Å². The number of nitrogens with zero attached hydrogens (tertiary/aromatic N) is 1. The topological polar surface area (TPSA) is 24.5 Å². The van der Waals surface area contributed by atoms with Crippen LogP contribution in [0.4, 0.5) is 0 Å². The van der Waals surface area contributed by atoms with Gasteiger partial charge in [-0.2, -0.15) is 0 Å². The van der Waals surface area contributed by atoms with Gasteiger partial charge in [-0.3, -0.25) is 4.90 Å². The first-order valence-electron chi connectivity index (χ1n) is 6.89. The van der Waals surface area contributed by atoms with Crippen LogP contribution in [-0.2, 0) is 11.3 Å². The van der Waals surface area contributed by atoms with Gasteiger partial charge in [0.1, 0.15) is 0 Å². The number of morpholine rings is 1. The molecule has 2 heterocycles. The molecule has 2 aliphatic rings. The van der Waals surface area contributed by atoms with Gasteiger partial charge in [0.25, 0.3) is 0 Å². The Morgan fingerprint density at radius 1 is 1.39 bits per heavy atom. The first-order chi connectivity index (χ1) is 8.80. The lowest BCUT2D eigenvalue weighted by Crippen LogP contribution is -2.61. The summed E-state index contributed by atoms with van der Waals surface area (Å²) >= 11 is 0. The van der Waals surface area contributed by atoms with E-state index in [4.69, 9.17) is 4.74 Å². The minimum atomic E-state index is 0.216. The Kier molecular flexibility index (Phi) is 3.37. The Bertz CT molecular complexity index is 387. The number of benzene rings is 1. The maximum absolute atomic E-state index is 5.81. The van der Waals surface area contributed by atoms with E-state index < -0.39 is 0 Å². The van der Waals surface area contributed by atoms with E-state index in [9.17, 15) is 0 Å². The van der Waals surface area contributed by atoms with Crippen molar-refractivity contribution in [3.8, 4) is 0 Å². The first kappa shape index (κ1) is 12.2. The minimum absolute atomic E-state index is 0.216. The number of rotatable bonds is 2. The molecule has 0 saturated carbocycles. The summed E-state index contributed by atoms with van der Waals surface area (Å²) in [5, 5.41) is 3.50. The zero-order chi connectivity index (χ0) is 12.4. The molecule has 2 fully saturated rings. The molecule has 0 radical (unpaired) electrons. The smallest absolute Gasteiger partial charge is 0.0664 e. The van der Waals surface area contributed by atoms with Crippen LogP contribution in [0, 0.1) is 0 Å². The van der Waals surface area contributed by atoms with Crippen molar-refractivity contribution in [2.75, 3.05) is 26.3 Å². The second-order valence-electron chi connectivity index (χ2n) is 5.63. The normalized spacial score (nSPS) is 33.1. The summed E-state index contributed by atoms with van der Waals surface area (Å²) in [4.78, 5) is 2.64. The van der Waals surface area contributed by atoms with Crippen molar-refractivity contribution in [1.29, 1.82) is 0 Å². The zero-order valence-electron chi connectivity index (χ0n) is 11.1. The highest BCUT2D eigenvalue weighted by Gasteiger charge is 2.44. The van der Waals surface area contributed by atoms with Crippen LogP contribution < -0.4 is 5.32 Å². The summed E-state index contributed by atoms with van der Waals surface area (Å²) < 4.78 is 5.81. The predicted molar refractivity (Wildman–Crippen MR) is 72.5 cm³/mol. The fourth-order valence-electron chi connectivity index (χ4n) is 3.26. The predicted octanol–water partition coefficient (Wildman–Crippen LogP) is 1.64. The van der Waals surface area contributed by atoms with Crippen LogP contribution in [-0.4, -0.2) is 42.8 Å². The monoisotopic (exact) mass is 246 g/mol. The zero-order valence-corrected chi connectivity index (χ0v) is 11.1. The van der Waals surface area contributed by atoms with E-state index in [0.29, 0.717) is 6.04 Å². The molecule has 1 spiro atoms. The number of hydrogen-bond acceptors (Lipinski definition) is 3. The van der Waals surface area contributed by atoms with Crippen molar-refractivity contribution >= 4 is 0 Å². The molecule has 0 bridgehead atoms. The molecule has 3 heteroatoms. The van der Waals surface area contributed by atoms with Gasteiger partial charge in [0.2, 0.25) is 0 Å². The minimum Gasteiger partial charge on any atom is -0.378 e. The standard InChI is InChI=1S/C15H22N2O/c1-13-10-18-12-15(7-8-16-11-15)17(13)9-14-5-3-2-4-6-14/h2-6,13,16H,7-12H2,1H3. The second-order valence-corrected chi connectivity index (χ2v) is 5.63. The van der Waals surface area contributed by atoms with E-state index in [2.05, 4.69) is 47.5 Å². The van der Waals surface area contributed by atoms with Gasteiger partial charge >= 0.3 is 0 Å². The van der Waals surface area contributed by atoms with Crippen molar-refractivity contribution in [2.45, 2.75) is 31.5 Å². The first-order valence-corrected chi connectivity index (χ1v) is 6.89. The van der Waals surface area contributed by atoms with E-state index in [-0.39, 0.29) is 5.54 Å². The lowest BCUT2D eigenvalue weighted by Gasteiger charge is -2.48. The molecule has 2 unspecified atom stereocenters. The van der Waals surface area contributed by atoms with Gasteiger partial charge < -0.3 is 10.1 Å². The van der Waals surface area contributed by atoms with E-state index in [1.807, 2.05) is 0 Å². The fourth-order valence-corrected chi connectivity index (χ4v) is 3.26. The molecule has 2 atom stereocenters. The number of nitrogens with one attached hydrogen (secondary N) is 1.